The quantitative estimate of drug-likeness (QED) is 0.135. The van der Waals surface area contributed by atoms with Crippen molar-refractivity contribution in [1.29, 1.82) is 0 Å². The number of nitro benzene ring substituents is 1. The Morgan fingerprint density at radius 2 is 1.35 bits per heavy atom. The number of para-hydroxylation sites is 2. The molecule has 0 aromatic heterocycles. The number of hydrogen-bond acceptors (Lipinski definition) is 11. The molecule has 2 fully saturated rings. The maximum atomic E-state index is 12.5. The fourth-order valence-electron chi connectivity index (χ4n) is 7.24. The van der Waals surface area contributed by atoms with Gasteiger partial charge in [0.2, 0.25) is 5.91 Å². The van der Waals surface area contributed by atoms with Crippen molar-refractivity contribution >= 4 is 35.4 Å². The zero-order valence-electron chi connectivity index (χ0n) is 32.2. The van der Waals surface area contributed by atoms with Crippen molar-refractivity contribution in [2.24, 2.45) is 23.7 Å². The second-order valence-electron chi connectivity index (χ2n) is 16.0. The molecule has 4 unspecified atom stereocenters. The number of aliphatic hydroxyl groups excluding tert-OH is 2. The first-order valence-electron chi connectivity index (χ1n) is 18.3. The average Bonchev–Trinajstić information content (AvgIpc) is 3.11. The van der Waals surface area contributed by atoms with Gasteiger partial charge in [0, 0.05) is 43.5 Å². The largest absolute Gasteiger partial charge is 0.469 e. The molecule has 0 aliphatic carbocycles. The monoisotopic (exact) mass is 754 g/mol. The third-order valence-corrected chi connectivity index (χ3v) is 9.84. The number of anilines is 1. The summed E-state index contributed by atoms with van der Waals surface area (Å²) in [7, 11) is 1.22. The number of nitrogens with zero attached hydrogens (tertiary/aromatic N) is 3. The number of esters is 1. The lowest BCUT2D eigenvalue weighted by atomic mass is 9.76. The predicted octanol–water partition coefficient (Wildman–Crippen LogP) is 6.00. The van der Waals surface area contributed by atoms with Crippen LogP contribution in [0.4, 0.5) is 21.0 Å². The van der Waals surface area contributed by atoms with Gasteiger partial charge in [-0.25, -0.2) is 9.59 Å². The summed E-state index contributed by atoms with van der Waals surface area (Å²) in [4.78, 5) is 63.3. The average molecular weight is 755 g/mol. The van der Waals surface area contributed by atoms with E-state index >= 15 is 0 Å². The summed E-state index contributed by atoms with van der Waals surface area (Å²) >= 11 is 0. The van der Waals surface area contributed by atoms with Crippen LogP contribution in [-0.2, 0) is 23.8 Å². The van der Waals surface area contributed by atoms with Crippen molar-refractivity contribution in [3.63, 3.8) is 0 Å². The molecule has 3 aliphatic heterocycles. The van der Waals surface area contributed by atoms with Gasteiger partial charge in [0.15, 0.2) is 0 Å². The van der Waals surface area contributed by atoms with Gasteiger partial charge in [-0.1, -0.05) is 30.3 Å². The minimum Gasteiger partial charge on any atom is -0.469 e. The summed E-state index contributed by atoms with van der Waals surface area (Å²) in [5, 5.41) is 35.8. The van der Waals surface area contributed by atoms with Gasteiger partial charge in [0.1, 0.15) is 11.2 Å². The second-order valence-corrected chi connectivity index (χ2v) is 16.0. The molecule has 2 aromatic rings. The minimum atomic E-state index is -1.39. The summed E-state index contributed by atoms with van der Waals surface area (Å²) in [5.41, 5.74) is 0.147. The number of ether oxygens (including phenoxy) is 3. The molecular weight excluding hydrogens is 700 g/mol. The van der Waals surface area contributed by atoms with Crippen molar-refractivity contribution < 1.29 is 48.5 Å². The summed E-state index contributed by atoms with van der Waals surface area (Å²) in [6.45, 7) is 12.7. The Kier molecular flexibility index (Phi) is 13.7. The van der Waals surface area contributed by atoms with Gasteiger partial charge in [-0.05, 0) is 91.2 Å². The van der Waals surface area contributed by atoms with Crippen molar-refractivity contribution in [2.45, 2.75) is 90.6 Å². The van der Waals surface area contributed by atoms with Crippen LogP contribution in [0.2, 0.25) is 0 Å². The number of fused-ring (bicyclic) bond motifs is 1. The van der Waals surface area contributed by atoms with E-state index in [1.165, 1.54) is 25.3 Å². The number of likely N-dealkylation sites (tertiary alicyclic amines) is 2. The molecule has 0 bridgehead atoms. The van der Waals surface area contributed by atoms with E-state index in [2.05, 4.69) is 5.32 Å². The van der Waals surface area contributed by atoms with Crippen molar-refractivity contribution in [1.82, 2.24) is 9.80 Å². The molecule has 3 N–H and O–H groups in total. The maximum absolute atomic E-state index is 12.5. The van der Waals surface area contributed by atoms with Crippen molar-refractivity contribution in [2.75, 3.05) is 38.6 Å². The molecular formula is C39H54N4O11. The Morgan fingerprint density at radius 3 is 1.87 bits per heavy atom. The molecule has 296 valence electrons. The predicted molar refractivity (Wildman–Crippen MR) is 198 cm³/mol. The number of rotatable bonds is 6. The van der Waals surface area contributed by atoms with E-state index in [-0.39, 0.29) is 35.1 Å². The van der Waals surface area contributed by atoms with Crippen LogP contribution in [-0.4, -0.2) is 93.5 Å². The Bertz CT molecular complexity index is 1650. The van der Waals surface area contributed by atoms with Crippen LogP contribution in [0.15, 0.2) is 48.5 Å². The maximum Gasteiger partial charge on any atom is 0.410 e. The van der Waals surface area contributed by atoms with Gasteiger partial charge >= 0.3 is 18.2 Å². The number of amides is 3. The lowest BCUT2D eigenvalue weighted by molar-refractivity contribution is -0.386. The molecule has 5 rings (SSSR count). The van der Waals surface area contributed by atoms with Gasteiger partial charge < -0.3 is 39.5 Å². The van der Waals surface area contributed by atoms with Crippen LogP contribution in [0.1, 0.15) is 90.6 Å². The molecule has 15 heteroatoms. The fourth-order valence-corrected chi connectivity index (χ4v) is 7.24. The first-order valence-corrected chi connectivity index (χ1v) is 18.3. The SMILES string of the molecule is CC(C)(C)OC(=O)N1CCC(C2C(=O)Nc3ccccc3C2O)CC1.COC(=O)C(C1CCN(C(=O)OC(C)(C)C)CC1)C(O)c1ccccc1[N+](=O)[O-]. The molecule has 4 atom stereocenters. The van der Waals surface area contributed by atoms with Gasteiger partial charge in [-0.15, -0.1) is 0 Å². The number of methoxy groups -OCH3 is 1. The van der Waals surface area contributed by atoms with Crippen molar-refractivity contribution in [3.05, 3.63) is 69.8 Å². The van der Waals surface area contributed by atoms with Crippen LogP contribution in [0.25, 0.3) is 0 Å². The molecule has 0 spiro atoms. The Balaban J connectivity index is 0.000000243. The third kappa shape index (κ3) is 10.7. The van der Waals surface area contributed by atoms with Crippen LogP contribution in [0.5, 0.6) is 0 Å². The molecule has 3 aliphatic rings. The molecule has 2 aromatic carbocycles. The van der Waals surface area contributed by atoms with Gasteiger partial charge in [-0.3, -0.25) is 19.7 Å². The number of nitrogens with one attached hydrogen (secondary N) is 1. The van der Waals surface area contributed by atoms with E-state index < -0.39 is 52.2 Å². The summed E-state index contributed by atoms with van der Waals surface area (Å²) in [6.07, 6.45) is -0.694. The molecule has 3 heterocycles. The van der Waals surface area contributed by atoms with Gasteiger partial charge in [-0.2, -0.15) is 0 Å². The van der Waals surface area contributed by atoms with E-state index in [0.29, 0.717) is 57.5 Å². The van der Waals surface area contributed by atoms with Crippen LogP contribution in [0, 0.1) is 33.8 Å². The highest BCUT2D eigenvalue weighted by atomic mass is 16.6. The first-order chi connectivity index (χ1) is 25.3. The summed E-state index contributed by atoms with van der Waals surface area (Å²) < 4.78 is 15.7. The van der Waals surface area contributed by atoms with E-state index in [9.17, 15) is 39.5 Å². The van der Waals surface area contributed by atoms with Crippen LogP contribution < -0.4 is 5.32 Å². The Hall–Kier alpha value is -4.76. The first kappa shape index (κ1) is 42.0. The number of carbonyl (C=O) groups is 4. The fraction of sp³-hybridized carbons (Fsp3) is 0.590. The second kappa shape index (κ2) is 17.6. The molecule has 2 saturated heterocycles. The van der Waals surface area contributed by atoms with Crippen molar-refractivity contribution in [3.8, 4) is 0 Å². The zero-order valence-corrected chi connectivity index (χ0v) is 32.2. The number of hydrogen-bond donors (Lipinski definition) is 3. The molecule has 3 amide bonds. The molecule has 54 heavy (non-hydrogen) atoms. The lowest BCUT2D eigenvalue weighted by Crippen LogP contribution is -2.46. The molecule has 0 radical (unpaired) electrons. The Labute approximate surface area is 316 Å². The Morgan fingerprint density at radius 1 is 0.852 bits per heavy atom. The smallest absolute Gasteiger partial charge is 0.410 e. The lowest BCUT2D eigenvalue weighted by Gasteiger charge is -2.39. The number of carbonyl (C=O) groups excluding carboxylic acids is 4. The number of nitro groups is 1. The molecule has 15 nitrogen and oxygen atoms in total. The number of aliphatic hydroxyl groups is 2. The van der Waals surface area contributed by atoms with Gasteiger partial charge in [0.05, 0.1) is 41.6 Å². The van der Waals surface area contributed by atoms with Crippen LogP contribution in [0.3, 0.4) is 0 Å². The number of benzene rings is 2. The highest BCUT2D eigenvalue weighted by Gasteiger charge is 2.43. The normalized spacial score (nSPS) is 20.6. The zero-order chi connectivity index (χ0) is 40.0. The highest BCUT2D eigenvalue weighted by Crippen LogP contribution is 2.41. The highest BCUT2D eigenvalue weighted by molar-refractivity contribution is 5.96. The van der Waals surface area contributed by atoms with Gasteiger partial charge in [0.25, 0.3) is 5.69 Å². The van der Waals surface area contributed by atoms with E-state index in [0.717, 1.165) is 5.56 Å². The third-order valence-electron chi connectivity index (χ3n) is 9.84. The summed E-state index contributed by atoms with van der Waals surface area (Å²) in [6, 6.07) is 13.2. The minimum absolute atomic E-state index is 0.0436. The standard InChI is InChI=1S/C20H28N2O7.C19H26N2O4/c1-20(2,3)29-19(25)21-11-9-13(10-12-21)16(18(24)28-4)17(23)14-7-5-6-8-15(14)22(26)27;1-19(2,3)25-18(24)21-10-8-12(9-11-21)15-16(22)13-6-4-5-7-14(13)20-17(15)23/h5-8,13,16-17,23H,9-12H2,1-4H3;4-7,12,15-16,22H,8-11H2,1-3H3,(H,20,23). The number of piperidine rings is 2. The van der Waals surface area contributed by atoms with Crippen LogP contribution >= 0.6 is 0 Å². The van der Waals surface area contributed by atoms with E-state index in [1.54, 1.807) is 42.7 Å². The van der Waals surface area contributed by atoms with E-state index in [1.807, 2.05) is 39.0 Å². The van der Waals surface area contributed by atoms with E-state index in [4.69, 9.17) is 14.2 Å². The molecule has 0 saturated carbocycles. The topological polar surface area (TPSA) is 198 Å². The summed E-state index contributed by atoms with van der Waals surface area (Å²) in [5.74, 6) is -2.47.